The average molecular weight is 511 g/mol. The number of rotatable bonds is 15. The van der Waals surface area contributed by atoms with Crippen molar-refractivity contribution >= 4 is 40.1 Å². The summed E-state index contributed by atoms with van der Waals surface area (Å²) in [6.07, 6.45) is 10.4. The number of nitrogens with one attached hydrogen (secondary N) is 1. The summed E-state index contributed by atoms with van der Waals surface area (Å²) in [6.45, 7) is 3.87. The number of phenols is 1. The van der Waals surface area contributed by atoms with Crippen LogP contribution in [-0.2, 0) is 16.1 Å². The second kappa shape index (κ2) is 14.9. The highest BCUT2D eigenvalue weighted by atomic mass is 35.5. The SMILES string of the molecule is CCCCCCCCCCCC(=O)N(O)c1ccccc1OS(=O)Nc1cc(C)c(O)c(Cl)c1. The molecular formula is C25H35ClN2O5S. The summed E-state index contributed by atoms with van der Waals surface area (Å²) < 4.78 is 20.5. The van der Waals surface area contributed by atoms with E-state index in [2.05, 4.69) is 11.6 Å². The van der Waals surface area contributed by atoms with Crippen LogP contribution in [0.5, 0.6) is 11.5 Å². The van der Waals surface area contributed by atoms with Crippen LogP contribution < -0.4 is 14.0 Å². The second-order valence-electron chi connectivity index (χ2n) is 8.30. The van der Waals surface area contributed by atoms with Gasteiger partial charge in [-0.25, -0.2) is 0 Å². The number of unbranched alkanes of at least 4 members (excludes halogenated alkanes) is 8. The quantitative estimate of drug-likeness (QED) is 0.103. The average Bonchev–Trinajstić information content (AvgIpc) is 2.81. The van der Waals surface area contributed by atoms with Crippen molar-refractivity contribution in [2.45, 2.75) is 78.1 Å². The lowest BCUT2D eigenvalue weighted by Crippen LogP contribution is -2.27. The monoisotopic (exact) mass is 510 g/mol. The highest BCUT2D eigenvalue weighted by Gasteiger charge is 2.19. The number of benzene rings is 2. The molecule has 2 aromatic carbocycles. The molecule has 0 aromatic heterocycles. The lowest BCUT2D eigenvalue weighted by molar-refractivity contribution is -0.123. The van der Waals surface area contributed by atoms with Crippen LogP contribution in [0, 0.1) is 6.92 Å². The van der Waals surface area contributed by atoms with Gasteiger partial charge in [0.1, 0.15) is 11.4 Å². The minimum atomic E-state index is -2.04. The third-order valence-electron chi connectivity index (χ3n) is 5.44. The molecule has 0 spiro atoms. The van der Waals surface area contributed by atoms with Crippen LogP contribution in [0.2, 0.25) is 5.02 Å². The maximum absolute atomic E-state index is 12.5. The first kappa shape index (κ1) is 28.0. The summed E-state index contributed by atoms with van der Waals surface area (Å²) in [6, 6.07) is 9.32. The number of halogens is 1. The molecule has 2 rings (SSSR count). The molecule has 0 aliphatic heterocycles. The van der Waals surface area contributed by atoms with Crippen molar-refractivity contribution in [2.75, 3.05) is 9.79 Å². The number of hydroxylamine groups is 1. The summed E-state index contributed by atoms with van der Waals surface area (Å²) in [5.74, 6) is -0.415. The number of phenolic OH excluding ortho intramolecular Hbond substituents is 1. The van der Waals surface area contributed by atoms with Crippen LogP contribution in [0.4, 0.5) is 11.4 Å². The molecule has 7 nitrogen and oxygen atoms in total. The normalized spacial score (nSPS) is 11.8. The topological polar surface area (TPSA) is 99.1 Å². The Kier molecular flexibility index (Phi) is 12.2. The Labute approximate surface area is 209 Å². The molecule has 0 bridgehead atoms. The molecule has 2 aromatic rings. The fraction of sp³-hybridized carbons (Fsp3) is 0.480. The Morgan fingerprint density at radius 3 is 2.32 bits per heavy atom. The third kappa shape index (κ3) is 9.16. The molecule has 0 aliphatic carbocycles. The molecule has 3 N–H and O–H groups in total. The van der Waals surface area contributed by atoms with E-state index in [0.29, 0.717) is 22.7 Å². The van der Waals surface area contributed by atoms with E-state index < -0.39 is 17.2 Å². The molecule has 1 amide bonds. The third-order valence-corrected chi connectivity index (χ3v) is 6.47. The number of carbonyl (C=O) groups is 1. The van der Waals surface area contributed by atoms with Gasteiger partial charge in [0, 0.05) is 6.42 Å². The first-order valence-corrected chi connectivity index (χ1v) is 13.3. The van der Waals surface area contributed by atoms with Crippen LogP contribution in [0.15, 0.2) is 36.4 Å². The van der Waals surface area contributed by atoms with E-state index in [1.54, 1.807) is 25.1 Å². The number of amides is 1. The van der Waals surface area contributed by atoms with Crippen molar-refractivity contribution < 1.29 is 23.5 Å². The first-order valence-electron chi connectivity index (χ1n) is 11.8. The number of para-hydroxylation sites is 2. The Hall–Kier alpha value is -2.29. The van der Waals surface area contributed by atoms with Crippen molar-refractivity contribution in [1.29, 1.82) is 0 Å². The van der Waals surface area contributed by atoms with Gasteiger partial charge in [-0.1, -0.05) is 82.0 Å². The van der Waals surface area contributed by atoms with E-state index in [1.165, 1.54) is 56.7 Å². The summed E-state index contributed by atoms with van der Waals surface area (Å²) in [5.41, 5.74) is 1.01. The van der Waals surface area contributed by atoms with E-state index in [4.69, 9.17) is 15.8 Å². The van der Waals surface area contributed by atoms with Crippen molar-refractivity contribution in [1.82, 2.24) is 0 Å². The van der Waals surface area contributed by atoms with Gasteiger partial charge in [0.2, 0.25) is 0 Å². The van der Waals surface area contributed by atoms with Gasteiger partial charge in [-0.15, -0.1) is 0 Å². The maximum Gasteiger partial charge on any atom is 0.316 e. The van der Waals surface area contributed by atoms with Crippen LogP contribution in [-0.4, -0.2) is 20.4 Å². The highest BCUT2D eigenvalue weighted by molar-refractivity contribution is 7.82. The Morgan fingerprint density at radius 1 is 1.06 bits per heavy atom. The van der Waals surface area contributed by atoms with E-state index in [-0.39, 0.29) is 28.6 Å². The van der Waals surface area contributed by atoms with Crippen molar-refractivity contribution in [3.63, 3.8) is 0 Å². The zero-order valence-corrected chi connectivity index (χ0v) is 21.5. The lowest BCUT2D eigenvalue weighted by atomic mass is 10.1. The summed E-state index contributed by atoms with van der Waals surface area (Å²) >= 11 is 3.92. The molecule has 0 saturated heterocycles. The fourth-order valence-corrected chi connectivity index (χ4v) is 4.45. The van der Waals surface area contributed by atoms with Crippen LogP contribution >= 0.6 is 11.6 Å². The summed E-state index contributed by atoms with van der Waals surface area (Å²) in [7, 11) is 0. The van der Waals surface area contributed by atoms with Gasteiger partial charge in [-0.05, 0) is 43.2 Å². The minimum Gasteiger partial charge on any atom is -0.506 e. The molecular weight excluding hydrogens is 476 g/mol. The van der Waals surface area contributed by atoms with Gasteiger partial charge in [0.05, 0.1) is 10.7 Å². The zero-order chi connectivity index (χ0) is 24.9. The fourth-order valence-electron chi connectivity index (χ4n) is 3.52. The molecule has 1 unspecified atom stereocenters. The van der Waals surface area contributed by atoms with E-state index >= 15 is 0 Å². The molecule has 0 radical (unpaired) electrons. The lowest BCUT2D eigenvalue weighted by Gasteiger charge is -2.18. The Balaban J connectivity index is 1.85. The number of carbonyl (C=O) groups excluding carboxylic acids is 1. The number of aryl methyl sites for hydroxylation is 1. The highest BCUT2D eigenvalue weighted by Crippen LogP contribution is 2.32. The number of aromatic hydroxyl groups is 1. The molecule has 0 aliphatic rings. The van der Waals surface area contributed by atoms with Gasteiger partial charge in [-0.3, -0.25) is 14.7 Å². The van der Waals surface area contributed by atoms with Crippen LogP contribution in [0.3, 0.4) is 0 Å². The minimum absolute atomic E-state index is 0.0503. The van der Waals surface area contributed by atoms with E-state index in [1.807, 2.05) is 0 Å². The van der Waals surface area contributed by atoms with Crippen LogP contribution in [0.25, 0.3) is 0 Å². The number of hydrogen-bond donors (Lipinski definition) is 3. The van der Waals surface area contributed by atoms with Gasteiger partial charge in [0.25, 0.3) is 5.91 Å². The Bertz CT molecular complexity index is 934. The molecule has 0 fully saturated rings. The number of anilines is 2. The molecule has 34 heavy (non-hydrogen) atoms. The van der Waals surface area contributed by atoms with Gasteiger partial charge < -0.3 is 9.29 Å². The van der Waals surface area contributed by atoms with Gasteiger partial charge in [0.15, 0.2) is 5.75 Å². The van der Waals surface area contributed by atoms with E-state index in [9.17, 15) is 19.3 Å². The number of nitrogens with zero attached hydrogens (tertiary/aromatic N) is 1. The smallest absolute Gasteiger partial charge is 0.316 e. The van der Waals surface area contributed by atoms with Gasteiger partial charge >= 0.3 is 11.3 Å². The second-order valence-corrected chi connectivity index (χ2v) is 9.54. The summed E-state index contributed by atoms with van der Waals surface area (Å²) in [5, 5.41) is 20.9. The summed E-state index contributed by atoms with van der Waals surface area (Å²) in [4.78, 5) is 12.5. The van der Waals surface area contributed by atoms with Crippen LogP contribution in [0.1, 0.15) is 76.7 Å². The standard InChI is InChI=1S/C25H35ClN2O5S/c1-3-4-5-6-7-8-9-10-11-16-24(29)28(31)22-14-12-13-15-23(22)33-34(32)27-20-17-19(2)25(30)21(26)18-20/h12-15,17-18,27,30-31H,3-11,16H2,1-2H3. The van der Waals surface area contributed by atoms with E-state index in [0.717, 1.165) is 12.8 Å². The van der Waals surface area contributed by atoms with Crippen molar-refractivity contribution in [3.05, 3.63) is 47.0 Å². The molecule has 9 heteroatoms. The predicted octanol–water partition coefficient (Wildman–Crippen LogP) is 7.07. The van der Waals surface area contributed by atoms with Gasteiger partial charge in [-0.2, -0.15) is 9.27 Å². The first-order chi connectivity index (χ1) is 16.3. The van der Waals surface area contributed by atoms with Crippen molar-refractivity contribution in [3.8, 4) is 11.5 Å². The predicted molar refractivity (Wildman–Crippen MR) is 138 cm³/mol. The maximum atomic E-state index is 12.5. The molecule has 0 heterocycles. The largest absolute Gasteiger partial charge is 0.506 e. The number of hydrogen-bond acceptors (Lipinski definition) is 5. The zero-order valence-electron chi connectivity index (χ0n) is 19.9. The molecule has 0 saturated carbocycles. The molecule has 1 atom stereocenters. The molecule has 188 valence electrons. The Morgan fingerprint density at radius 2 is 1.68 bits per heavy atom. The van der Waals surface area contributed by atoms with Crippen molar-refractivity contribution in [2.24, 2.45) is 0 Å².